The zero-order valence-corrected chi connectivity index (χ0v) is 15.6. The molecule has 140 valence electrons. The van der Waals surface area contributed by atoms with Crippen molar-refractivity contribution in [3.8, 4) is 0 Å². The predicted molar refractivity (Wildman–Crippen MR) is 113 cm³/mol. The Morgan fingerprint density at radius 1 is 0.793 bits per heavy atom. The van der Waals surface area contributed by atoms with Crippen LogP contribution in [-0.2, 0) is 9.59 Å². The van der Waals surface area contributed by atoms with Gasteiger partial charge in [0.1, 0.15) is 0 Å². The lowest BCUT2D eigenvalue weighted by Crippen LogP contribution is -2.25. The van der Waals surface area contributed by atoms with Gasteiger partial charge < -0.3 is 5.32 Å². The van der Waals surface area contributed by atoms with Crippen LogP contribution < -0.4 is 10.2 Å². The molecule has 2 heterocycles. The van der Waals surface area contributed by atoms with Gasteiger partial charge in [-0.05, 0) is 37.3 Å². The van der Waals surface area contributed by atoms with E-state index in [0.29, 0.717) is 16.8 Å². The van der Waals surface area contributed by atoms with Gasteiger partial charge in [-0.25, -0.2) is 0 Å². The smallest absolute Gasteiger partial charge is 0.284 e. The van der Waals surface area contributed by atoms with Crippen LogP contribution in [0.3, 0.4) is 0 Å². The number of para-hydroxylation sites is 2. The Morgan fingerprint density at radius 3 is 2.34 bits per heavy atom. The first kappa shape index (κ1) is 17.1. The summed E-state index contributed by atoms with van der Waals surface area (Å²) in [6.07, 6.45) is 0. The Kier molecular flexibility index (Phi) is 3.84. The van der Waals surface area contributed by atoms with Crippen LogP contribution in [0.2, 0.25) is 0 Å². The molecule has 2 amide bonds. The topological polar surface area (TPSA) is 74.1 Å². The Balaban J connectivity index is 1.61. The molecule has 29 heavy (non-hydrogen) atoms. The zero-order valence-electron chi connectivity index (χ0n) is 15.6. The SMILES string of the molecule is Cc1ccc2c(c1)/C(=N/N=C1\C(=O)N(c3ccccc3)c3ccccc31)C(=O)N2. The Bertz CT molecular complexity index is 1230. The van der Waals surface area contributed by atoms with Crippen molar-refractivity contribution in [2.45, 2.75) is 6.92 Å². The van der Waals surface area contributed by atoms with Gasteiger partial charge in [0, 0.05) is 16.8 Å². The number of nitrogens with zero attached hydrogens (tertiary/aromatic N) is 3. The van der Waals surface area contributed by atoms with Crippen LogP contribution >= 0.6 is 0 Å². The van der Waals surface area contributed by atoms with Crippen LogP contribution in [-0.4, -0.2) is 23.2 Å². The van der Waals surface area contributed by atoms with Crippen molar-refractivity contribution in [2.24, 2.45) is 10.2 Å². The number of carbonyl (C=O) groups excluding carboxylic acids is 2. The number of nitrogens with one attached hydrogen (secondary N) is 1. The maximum Gasteiger partial charge on any atom is 0.284 e. The van der Waals surface area contributed by atoms with Crippen molar-refractivity contribution in [1.29, 1.82) is 0 Å². The van der Waals surface area contributed by atoms with Gasteiger partial charge in [-0.15, -0.1) is 10.2 Å². The maximum atomic E-state index is 13.2. The molecule has 0 radical (unpaired) electrons. The number of hydrogen-bond donors (Lipinski definition) is 1. The van der Waals surface area contributed by atoms with Crippen molar-refractivity contribution < 1.29 is 9.59 Å². The number of benzene rings is 3. The maximum absolute atomic E-state index is 13.2. The van der Waals surface area contributed by atoms with Crippen molar-refractivity contribution in [3.63, 3.8) is 0 Å². The third-order valence-electron chi connectivity index (χ3n) is 4.96. The molecule has 0 saturated carbocycles. The Hall–Kier alpha value is -4.06. The van der Waals surface area contributed by atoms with E-state index in [9.17, 15) is 9.59 Å². The molecule has 1 N–H and O–H groups in total. The highest BCUT2D eigenvalue weighted by Gasteiger charge is 2.35. The Labute approximate surface area is 167 Å². The molecule has 0 saturated heterocycles. The summed E-state index contributed by atoms with van der Waals surface area (Å²) in [6, 6.07) is 22.5. The fourth-order valence-electron chi connectivity index (χ4n) is 3.60. The second kappa shape index (κ2) is 6.53. The first-order valence-corrected chi connectivity index (χ1v) is 9.20. The second-order valence-corrected chi connectivity index (χ2v) is 6.89. The molecule has 2 aliphatic heterocycles. The van der Waals surface area contributed by atoms with Gasteiger partial charge in [-0.1, -0.05) is 48.0 Å². The van der Waals surface area contributed by atoms with Crippen LogP contribution in [0.15, 0.2) is 83.0 Å². The standard InChI is InChI=1S/C23H16N4O2/c1-14-11-12-18-17(13-14)20(22(28)24-18)25-26-21-16-9-5-6-10-19(16)27(23(21)29)15-7-3-2-4-8-15/h2-13H,1H3,(H,24,25,28)/b26-21-. The number of fused-ring (bicyclic) bond motifs is 2. The molecule has 3 aromatic rings. The van der Waals surface area contributed by atoms with Crippen molar-refractivity contribution in [2.75, 3.05) is 10.2 Å². The first-order valence-electron chi connectivity index (χ1n) is 9.20. The summed E-state index contributed by atoms with van der Waals surface area (Å²) in [7, 11) is 0. The summed E-state index contributed by atoms with van der Waals surface area (Å²) in [6.45, 7) is 1.95. The fourth-order valence-corrected chi connectivity index (χ4v) is 3.60. The van der Waals surface area contributed by atoms with Crippen LogP contribution in [0.5, 0.6) is 0 Å². The minimum atomic E-state index is -0.325. The van der Waals surface area contributed by atoms with E-state index in [1.807, 2.05) is 79.7 Å². The highest BCUT2D eigenvalue weighted by Crippen LogP contribution is 2.35. The molecule has 0 bridgehead atoms. The zero-order chi connectivity index (χ0) is 20.0. The average Bonchev–Trinajstić information content (AvgIpc) is 3.19. The molecule has 2 aliphatic rings. The van der Waals surface area contributed by atoms with Gasteiger partial charge in [0.25, 0.3) is 11.8 Å². The molecule has 3 aromatic carbocycles. The third-order valence-corrected chi connectivity index (χ3v) is 4.96. The van der Waals surface area contributed by atoms with E-state index in [2.05, 4.69) is 15.5 Å². The highest BCUT2D eigenvalue weighted by molar-refractivity contribution is 6.56. The first-order chi connectivity index (χ1) is 14.1. The Morgan fingerprint density at radius 2 is 1.52 bits per heavy atom. The summed E-state index contributed by atoms with van der Waals surface area (Å²) in [5.74, 6) is -0.599. The summed E-state index contributed by atoms with van der Waals surface area (Å²) in [5.41, 5.74) is 5.01. The van der Waals surface area contributed by atoms with E-state index in [0.717, 1.165) is 16.9 Å². The van der Waals surface area contributed by atoms with Gasteiger partial charge in [-0.3, -0.25) is 14.5 Å². The molecule has 0 aliphatic carbocycles. The normalized spacial score (nSPS) is 17.6. The number of rotatable bonds is 2. The van der Waals surface area contributed by atoms with E-state index in [4.69, 9.17) is 0 Å². The summed E-state index contributed by atoms with van der Waals surface area (Å²) in [5, 5.41) is 11.2. The van der Waals surface area contributed by atoms with E-state index in [1.165, 1.54) is 0 Å². The molecule has 0 fully saturated rings. The van der Waals surface area contributed by atoms with Gasteiger partial charge in [0.15, 0.2) is 11.4 Å². The quantitative estimate of drug-likeness (QED) is 0.687. The summed E-state index contributed by atoms with van der Waals surface area (Å²) in [4.78, 5) is 27.1. The highest BCUT2D eigenvalue weighted by atomic mass is 16.2. The molecule has 0 atom stereocenters. The summed E-state index contributed by atoms with van der Waals surface area (Å²) >= 11 is 0. The van der Waals surface area contributed by atoms with E-state index in [-0.39, 0.29) is 23.2 Å². The molecular weight excluding hydrogens is 364 g/mol. The van der Waals surface area contributed by atoms with Crippen molar-refractivity contribution in [3.05, 3.63) is 89.5 Å². The number of carbonyl (C=O) groups is 2. The van der Waals surface area contributed by atoms with Crippen molar-refractivity contribution in [1.82, 2.24) is 0 Å². The molecular formula is C23H16N4O2. The van der Waals surface area contributed by atoms with Crippen molar-refractivity contribution >= 4 is 40.3 Å². The number of aryl methyl sites for hydroxylation is 1. The predicted octanol–water partition coefficient (Wildman–Crippen LogP) is 3.82. The fraction of sp³-hybridized carbons (Fsp3) is 0.0435. The molecule has 0 unspecified atom stereocenters. The molecule has 5 rings (SSSR count). The van der Waals surface area contributed by atoms with Gasteiger partial charge in [0.2, 0.25) is 0 Å². The molecule has 0 aromatic heterocycles. The van der Waals surface area contributed by atoms with E-state index >= 15 is 0 Å². The number of anilines is 3. The van der Waals surface area contributed by atoms with Gasteiger partial charge >= 0.3 is 0 Å². The van der Waals surface area contributed by atoms with Crippen LogP contribution in [0.25, 0.3) is 0 Å². The third kappa shape index (κ3) is 2.73. The van der Waals surface area contributed by atoms with E-state index in [1.54, 1.807) is 4.90 Å². The van der Waals surface area contributed by atoms with Crippen LogP contribution in [0.4, 0.5) is 17.1 Å². The van der Waals surface area contributed by atoms with E-state index < -0.39 is 0 Å². The lowest BCUT2D eigenvalue weighted by molar-refractivity contribution is -0.112. The minimum Gasteiger partial charge on any atom is -0.320 e. The van der Waals surface area contributed by atoms with Gasteiger partial charge in [-0.2, -0.15) is 0 Å². The lowest BCUT2D eigenvalue weighted by Gasteiger charge is -2.16. The molecule has 0 spiro atoms. The van der Waals surface area contributed by atoms with Gasteiger partial charge in [0.05, 0.1) is 11.4 Å². The van der Waals surface area contributed by atoms with Crippen LogP contribution in [0.1, 0.15) is 16.7 Å². The summed E-state index contributed by atoms with van der Waals surface area (Å²) < 4.78 is 0. The molecule has 6 heteroatoms. The molecule has 6 nitrogen and oxygen atoms in total. The van der Waals surface area contributed by atoms with Crippen LogP contribution in [0, 0.1) is 6.92 Å². The number of hydrogen-bond acceptors (Lipinski definition) is 4. The largest absolute Gasteiger partial charge is 0.320 e. The minimum absolute atomic E-state index is 0.208. The average molecular weight is 380 g/mol. The second-order valence-electron chi connectivity index (χ2n) is 6.89. The lowest BCUT2D eigenvalue weighted by atomic mass is 10.1. The monoisotopic (exact) mass is 380 g/mol. The number of amides is 2.